The fourth-order valence-corrected chi connectivity index (χ4v) is 0.820. The van der Waals surface area contributed by atoms with Gasteiger partial charge in [0.15, 0.2) is 0 Å². The van der Waals surface area contributed by atoms with E-state index in [0.29, 0.717) is 6.61 Å². The molecule has 0 saturated heterocycles. The number of hydrogen-bond donors (Lipinski definition) is 2. The zero-order chi connectivity index (χ0) is 8.81. The fraction of sp³-hybridized carbons (Fsp3) is 0.375. The van der Waals surface area contributed by atoms with Crippen molar-refractivity contribution in [3.63, 3.8) is 0 Å². The molecule has 0 bridgehead atoms. The number of hydrogen-bond acceptors (Lipinski definition) is 3. The predicted octanol–water partition coefficient (Wildman–Crippen LogP) is 0.990. The molecule has 0 fully saturated rings. The van der Waals surface area contributed by atoms with Crippen molar-refractivity contribution in [1.29, 1.82) is 0 Å². The van der Waals surface area contributed by atoms with E-state index in [9.17, 15) is 4.79 Å². The number of carbonyl (C=O) groups is 1. The Bertz CT molecular complexity index is 231. The van der Waals surface area contributed by atoms with Crippen LogP contribution in [0.2, 0.25) is 0 Å². The van der Waals surface area contributed by atoms with Crippen LogP contribution in [0.5, 0.6) is 0 Å². The number of ether oxygens (including phenoxy) is 1. The third kappa shape index (κ3) is 2.65. The summed E-state index contributed by atoms with van der Waals surface area (Å²) in [5.74, 6) is -0.237. The summed E-state index contributed by atoms with van der Waals surface area (Å²) < 4.78 is 4.73. The molecule has 0 spiro atoms. The van der Waals surface area contributed by atoms with E-state index in [0.717, 1.165) is 5.69 Å². The molecular formula is C8H12N2O2. The number of aromatic nitrogens is 1. The molecule has 1 aromatic heterocycles. The van der Waals surface area contributed by atoms with Gasteiger partial charge in [-0.2, -0.15) is 0 Å². The third-order valence-corrected chi connectivity index (χ3v) is 1.34. The monoisotopic (exact) mass is 168 g/mol. The summed E-state index contributed by atoms with van der Waals surface area (Å²) in [5.41, 5.74) is 0.892. The first-order valence-corrected chi connectivity index (χ1v) is 3.85. The van der Waals surface area contributed by atoms with E-state index >= 15 is 0 Å². The summed E-state index contributed by atoms with van der Waals surface area (Å²) in [7, 11) is 0. The van der Waals surface area contributed by atoms with Crippen molar-refractivity contribution >= 4 is 11.7 Å². The van der Waals surface area contributed by atoms with Crippen molar-refractivity contribution < 1.29 is 9.53 Å². The number of carbonyl (C=O) groups excluding carboxylic acids is 1. The minimum absolute atomic E-state index is 0.214. The summed E-state index contributed by atoms with van der Waals surface area (Å²) in [6.45, 7) is 2.42. The van der Waals surface area contributed by atoms with E-state index in [4.69, 9.17) is 4.74 Å². The van der Waals surface area contributed by atoms with Gasteiger partial charge in [0, 0.05) is 12.4 Å². The highest BCUT2D eigenvalue weighted by atomic mass is 16.5. The van der Waals surface area contributed by atoms with Crippen LogP contribution in [0.1, 0.15) is 6.92 Å². The lowest BCUT2D eigenvalue weighted by Crippen LogP contribution is -2.16. The lowest BCUT2D eigenvalue weighted by molar-refractivity contribution is -0.140. The Morgan fingerprint density at radius 1 is 1.75 bits per heavy atom. The van der Waals surface area contributed by atoms with Crippen molar-refractivity contribution in [3.05, 3.63) is 18.5 Å². The van der Waals surface area contributed by atoms with E-state index in [1.54, 1.807) is 19.3 Å². The molecule has 1 aromatic rings. The molecule has 0 saturated carbocycles. The SMILES string of the molecule is CCOC(=O)CNc1cc[nH]c1. The Morgan fingerprint density at radius 2 is 2.58 bits per heavy atom. The Morgan fingerprint density at radius 3 is 3.17 bits per heavy atom. The zero-order valence-corrected chi connectivity index (χ0v) is 6.96. The van der Waals surface area contributed by atoms with Gasteiger partial charge in [0.2, 0.25) is 0 Å². The second-order valence-corrected chi connectivity index (χ2v) is 2.26. The molecule has 0 unspecified atom stereocenters. The number of esters is 1. The molecule has 0 amide bonds. The van der Waals surface area contributed by atoms with Gasteiger partial charge in [-0.05, 0) is 13.0 Å². The summed E-state index contributed by atoms with van der Waals surface area (Å²) in [6.07, 6.45) is 3.56. The minimum atomic E-state index is -0.237. The van der Waals surface area contributed by atoms with E-state index in [1.807, 2.05) is 6.07 Å². The van der Waals surface area contributed by atoms with Crippen molar-refractivity contribution in [1.82, 2.24) is 4.98 Å². The van der Waals surface area contributed by atoms with Gasteiger partial charge in [0.05, 0.1) is 12.3 Å². The maximum absolute atomic E-state index is 10.8. The van der Waals surface area contributed by atoms with Gasteiger partial charge in [-0.15, -0.1) is 0 Å². The average Bonchev–Trinajstić information content (AvgIpc) is 2.53. The van der Waals surface area contributed by atoms with Crippen molar-refractivity contribution in [2.45, 2.75) is 6.92 Å². The largest absolute Gasteiger partial charge is 0.465 e. The van der Waals surface area contributed by atoms with Gasteiger partial charge in [0.1, 0.15) is 6.54 Å². The number of anilines is 1. The van der Waals surface area contributed by atoms with Crippen LogP contribution in [0.15, 0.2) is 18.5 Å². The topological polar surface area (TPSA) is 54.1 Å². The molecule has 4 heteroatoms. The van der Waals surface area contributed by atoms with Crippen LogP contribution in [0.25, 0.3) is 0 Å². The highest BCUT2D eigenvalue weighted by Gasteiger charge is 1.99. The maximum Gasteiger partial charge on any atom is 0.325 e. The molecule has 2 N–H and O–H groups in total. The zero-order valence-electron chi connectivity index (χ0n) is 6.96. The van der Waals surface area contributed by atoms with Gasteiger partial charge in [0.25, 0.3) is 0 Å². The van der Waals surface area contributed by atoms with Crippen molar-refractivity contribution in [2.75, 3.05) is 18.5 Å². The Hall–Kier alpha value is -1.45. The molecule has 0 aromatic carbocycles. The third-order valence-electron chi connectivity index (χ3n) is 1.34. The minimum Gasteiger partial charge on any atom is -0.465 e. The molecule has 1 heterocycles. The van der Waals surface area contributed by atoms with Crippen LogP contribution in [-0.2, 0) is 9.53 Å². The van der Waals surface area contributed by atoms with Gasteiger partial charge in [-0.25, -0.2) is 0 Å². The molecule has 0 radical (unpaired) electrons. The normalized spacial score (nSPS) is 9.42. The average molecular weight is 168 g/mol. The lowest BCUT2D eigenvalue weighted by atomic mass is 10.5. The molecule has 0 aliphatic heterocycles. The Balaban J connectivity index is 2.22. The molecular weight excluding hydrogens is 156 g/mol. The molecule has 0 aliphatic rings. The van der Waals surface area contributed by atoms with Crippen LogP contribution < -0.4 is 5.32 Å². The quantitative estimate of drug-likeness (QED) is 0.659. The van der Waals surface area contributed by atoms with Gasteiger partial charge in [-0.3, -0.25) is 4.79 Å². The number of aromatic amines is 1. The molecule has 66 valence electrons. The van der Waals surface area contributed by atoms with Crippen LogP contribution in [-0.4, -0.2) is 24.1 Å². The number of H-pyrrole nitrogens is 1. The highest BCUT2D eigenvalue weighted by molar-refractivity contribution is 5.74. The molecule has 4 nitrogen and oxygen atoms in total. The summed E-state index contributed by atoms with van der Waals surface area (Å²) in [5, 5.41) is 2.90. The summed E-state index contributed by atoms with van der Waals surface area (Å²) >= 11 is 0. The number of nitrogens with one attached hydrogen (secondary N) is 2. The van der Waals surface area contributed by atoms with E-state index in [-0.39, 0.29) is 12.5 Å². The van der Waals surface area contributed by atoms with Crippen LogP contribution in [0.4, 0.5) is 5.69 Å². The van der Waals surface area contributed by atoms with Crippen molar-refractivity contribution in [2.24, 2.45) is 0 Å². The Labute approximate surface area is 70.9 Å². The predicted molar refractivity (Wildman–Crippen MR) is 45.9 cm³/mol. The molecule has 0 atom stereocenters. The standard InChI is InChI=1S/C8H12N2O2/c1-2-12-8(11)6-10-7-3-4-9-5-7/h3-5,9-10H,2,6H2,1H3. The van der Waals surface area contributed by atoms with Crippen LogP contribution in [0, 0.1) is 0 Å². The van der Waals surface area contributed by atoms with Crippen LogP contribution in [0.3, 0.4) is 0 Å². The summed E-state index contributed by atoms with van der Waals surface area (Å²) in [6, 6.07) is 1.85. The Kier molecular flexibility index (Phi) is 3.19. The van der Waals surface area contributed by atoms with Gasteiger partial charge < -0.3 is 15.0 Å². The van der Waals surface area contributed by atoms with Crippen molar-refractivity contribution in [3.8, 4) is 0 Å². The van der Waals surface area contributed by atoms with Crippen LogP contribution >= 0.6 is 0 Å². The summed E-state index contributed by atoms with van der Waals surface area (Å²) in [4.78, 5) is 13.7. The smallest absolute Gasteiger partial charge is 0.325 e. The van der Waals surface area contributed by atoms with E-state index in [2.05, 4.69) is 10.3 Å². The fourth-order valence-electron chi connectivity index (χ4n) is 0.820. The van der Waals surface area contributed by atoms with Gasteiger partial charge >= 0.3 is 5.97 Å². The first-order valence-electron chi connectivity index (χ1n) is 3.85. The lowest BCUT2D eigenvalue weighted by Gasteiger charge is -2.02. The first kappa shape index (κ1) is 8.64. The molecule has 0 aliphatic carbocycles. The highest BCUT2D eigenvalue weighted by Crippen LogP contribution is 2.02. The van der Waals surface area contributed by atoms with E-state index in [1.165, 1.54) is 0 Å². The second kappa shape index (κ2) is 4.43. The molecule has 1 rings (SSSR count). The maximum atomic E-state index is 10.8. The first-order chi connectivity index (χ1) is 5.83. The van der Waals surface area contributed by atoms with E-state index < -0.39 is 0 Å². The number of rotatable bonds is 4. The molecule has 12 heavy (non-hydrogen) atoms. The second-order valence-electron chi connectivity index (χ2n) is 2.26. The van der Waals surface area contributed by atoms with Gasteiger partial charge in [-0.1, -0.05) is 0 Å².